The molecule has 18 heavy (non-hydrogen) atoms. The molecule has 1 N–H and O–H groups in total. The van der Waals surface area contributed by atoms with Crippen molar-refractivity contribution in [1.82, 2.24) is 4.90 Å². The van der Waals surface area contributed by atoms with Gasteiger partial charge in [0.1, 0.15) is 5.76 Å². The van der Waals surface area contributed by atoms with Crippen LogP contribution in [0.5, 0.6) is 0 Å². The lowest BCUT2D eigenvalue weighted by Crippen LogP contribution is -2.40. The molecule has 0 aromatic carbocycles. The third-order valence-corrected chi connectivity index (χ3v) is 3.59. The van der Waals surface area contributed by atoms with Crippen molar-refractivity contribution in [2.24, 2.45) is 0 Å². The summed E-state index contributed by atoms with van der Waals surface area (Å²) < 4.78 is 5.51. The fourth-order valence-corrected chi connectivity index (χ4v) is 2.60. The van der Waals surface area contributed by atoms with E-state index in [1.807, 2.05) is 13.0 Å². The van der Waals surface area contributed by atoms with Crippen LogP contribution in [0.15, 0.2) is 16.5 Å². The first-order valence-electron chi connectivity index (χ1n) is 6.76. The fraction of sp³-hybridized carbons (Fsp3) is 0.643. The van der Waals surface area contributed by atoms with Gasteiger partial charge in [-0.2, -0.15) is 0 Å². The molecule has 100 valence electrons. The van der Waals surface area contributed by atoms with E-state index < -0.39 is 0 Å². The van der Waals surface area contributed by atoms with Gasteiger partial charge in [0.25, 0.3) is 5.91 Å². The van der Waals surface area contributed by atoms with Crippen molar-refractivity contribution in [3.8, 4) is 0 Å². The maximum atomic E-state index is 12.4. The zero-order valence-corrected chi connectivity index (χ0v) is 10.9. The maximum Gasteiger partial charge on any atom is 0.289 e. The van der Waals surface area contributed by atoms with Gasteiger partial charge in [0.2, 0.25) is 0 Å². The Morgan fingerprint density at radius 2 is 2.17 bits per heavy atom. The molecule has 0 bridgehead atoms. The van der Waals surface area contributed by atoms with Gasteiger partial charge in [0, 0.05) is 19.0 Å². The van der Waals surface area contributed by atoms with Crippen LogP contribution in [-0.2, 0) is 6.42 Å². The second kappa shape index (κ2) is 6.05. The Labute approximate surface area is 108 Å². The fourth-order valence-electron chi connectivity index (χ4n) is 2.60. The lowest BCUT2D eigenvalue weighted by atomic mass is 10.2. The van der Waals surface area contributed by atoms with Gasteiger partial charge in [-0.25, -0.2) is 0 Å². The summed E-state index contributed by atoms with van der Waals surface area (Å²) in [5, 5.41) is 9.12. The summed E-state index contributed by atoms with van der Waals surface area (Å²) in [5.74, 6) is 1.14. The highest BCUT2D eigenvalue weighted by atomic mass is 16.4. The Kier molecular flexibility index (Phi) is 4.42. The van der Waals surface area contributed by atoms with Crippen molar-refractivity contribution in [2.45, 2.75) is 45.1 Å². The number of carbonyl (C=O) groups is 1. The first-order chi connectivity index (χ1) is 8.76. The molecule has 1 fully saturated rings. The molecule has 0 aliphatic heterocycles. The lowest BCUT2D eigenvalue weighted by molar-refractivity contribution is 0.0604. The second-order valence-electron chi connectivity index (χ2n) is 4.78. The molecule has 1 aromatic rings. The van der Waals surface area contributed by atoms with Crippen molar-refractivity contribution in [3.05, 3.63) is 23.7 Å². The van der Waals surface area contributed by atoms with E-state index in [2.05, 4.69) is 0 Å². The number of hydrogen-bond donors (Lipinski definition) is 1. The van der Waals surface area contributed by atoms with E-state index >= 15 is 0 Å². The molecular formula is C14H21NO3. The van der Waals surface area contributed by atoms with Crippen LogP contribution in [0.2, 0.25) is 0 Å². The van der Waals surface area contributed by atoms with E-state index in [4.69, 9.17) is 9.52 Å². The van der Waals surface area contributed by atoms with Crippen molar-refractivity contribution in [1.29, 1.82) is 0 Å². The molecule has 1 aliphatic rings. The predicted molar refractivity (Wildman–Crippen MR) is 68.5 cm³/mol. The van der Waals surface area contributed by atoms with Gasteiger partial charge in [-0.3, -0.25) is 4.79 Å². The monoisotopic (exact) mass is 251 g/mol. The van der Waals surface area contributed by atoms with E-state index in [9.17, 15) is 4.79 Å². The third-order valence-electron chi connectivity index (χ3n) is 3.59. The van der Waals surface area contributed by atoms with Crippen LogP contribution in [0.3, 0.4) is 0 Å². The number of furan rings is 1. The van der Waals surface area contributed by atoms with Crippen molar-refractivity contribution in [3.63, 3.8) is 0 Å². The van der Waals surface area contributed by atoms with Crippen LogP contribution >= 0.6 is 0 Å². The van der Waals surface area contributed by atoms with Crippen LogP contribution in [0.1, 0.15) is 48.9 Å². The number of aryl methyl sites for hydroxylation is 1. The minimum atomic E-state index is -0.0874. The van der Waals surface area contributed by atoms with E-state index in [1.54, 1.807) is 11.0 Å². The zero-order chi connectivity index (χ0) is 13.0. The lowest BCUT2D eigenvalue weighted by Gasteiger charge is -2.27. The van der Waals surface area contributed by atoms with Crippen LogP contribution in [0, 0.1) is 0 Å². The van der Waals surface area contributed by atoms with E-state index in [0.717, 1.165) is 37.9 Å². The SMILES string of the molecule is CCc1ccc(C(=O)N(CCO)C2CCCC2)o1. The summed E-state index contributed by atoms with van der Waals surface area (Å²) in [4.78, 5) is 14.1. The molecule has 1 heterocycles. The van der Waals surface area contributed by atoms with Crippen LogP contribution in [0.25, 0.3) is 0 Å². The quantitative estimate of drug-likeness (QED) is 0.873. The van der Waals surface area contributed by atoms with Gasteiger partial charge in [-0.05, 0) is 25.0 Å². The van der Waals surface area contributed by atoms with Gasteiger partial charge >= 0.3 is 0 Å². The normalized spacial score (nSPS) is 16.1. The number of rotatable bonds is 5. The molecule has 0 saturated heterocycles. The average molecular weight is 251 g/mol. The summed E-state index contributed by atoms with van der Waals surface area (Å²) in [6.07, 6.45) is 5.19. The molecule has 4 nitrogen and oxygen atoms in total. The molecule has 0 radical (unpaired) electrons. The highest BCUT2D eigenvalue weighted by Crippen LogP contribution is 2.25. The molecule has 1 amide bonds. The van der Waals surface area contributed by atoms with Crippen LogP contribution in [0.4, 0.5) is 0 Å². The Morgan fingerprint density at radius 3 is 2.72 bits per heavy atom. The Bertz CT molecular complexity index is 393. The van der Waals surface area contributed by atoms with E-state index in [-0.39, 0.29) is 18.6 Å². The maximum absolute atomic E-state index is 12.4. The smallest absolute Gasteiger partial charge is 0.289 e. The zero-order valence-electron chi connectivity index (χ0n) is 10.9. The largest absolute Gasteiger partial charge is 0.456 e. The number of nitrogens with zero attached hydrogens (tertiary/aromatic N) is 1. The van der Waals surface area contributed by atoms with Crippen molar-refractivity contribution < 1.29 is 14.3 Å². The summed E-state index contributed by atoms with van der Waals surface area (Å²) >= 11 is 0. The van der Waals surface area contributed by atoms with Crippen molar-refractivity contribution in [2.75, 3.05) is 13.2 Å². The van der Waals surface area contributed by atoms with Gasteiger partial charge < -0.3 is 14.4 Å². The standard InChI is InChI=1S/C14H21NO3/c1-2-12-7-8-13(18-12)14(17)15(9-10-16)11-5-3-4-6-11/h7-8,11,16H,2-6,9-10H2,1H3. The first-order valence-corrected chi connectivity index (χ1v) is 6.76. The van der Waals surface area contributed by atoms with Gasteiger partial charge in [0.15, 0.2) is 5.76 Å². The van der Waals surface area contributed by atoms with Crippen molar-refractivity contribution >= 4 is 5.91 Å². The number of hydrogen-bond acceptors (Lipinski definition) is 3. The molecule has 0 atom stereocenters. The second-order valence-corrected chi connectivity index (χ2v) is 4.78. The summed E-state index contributed by atoms with van der Waals surface area (Å²) in [6, 6.07) is 3.85. The predicted octanol–water partition coefficient (Wildman–Crippen LogP) is 2.22. The highest BCUT2D eigenvalue weighted by molar-refractivity contribution is 5.91. The van der Waals surface area contributed by atoms with Gasteiger partial charge in [-0.1, -0.05) is 19.8 Å². The summed E-state index contributed by atoms with van der Waals surface area (Å²) in [6.45, 7) is 2.39. The Balaban J connectivity index is 2.11. The highest BCUT2D eigenvalue weighted by Gasteiger charge is 2.28. The van der Waals surface area contributed by atoms with Gasteiger partial charge in [0.05, 0.1) is 6.61 Å². The molecule has 1 aromatic heterocycles. The number of aliphatic hydroxyl groups excluding tert-OH is 1. The topological polar surface area (TPSA) is 53.7 Å². The van der Waals surface area contributed by atoms with E-state index in [0.29, 0.717) is 12.3 Å². The van der Waals surface area contributed by atoms with Crippen LogP contribution < -0.4 is 0 Å². The minimum Gasteiger partial charge on any atom is -0.456 e. The minimum absolute atomic E-state index is 0.00356. The molecule has 4 heteroatoms. The molecule has 2 rings (SSSR count). The number of aliphatic hydroxyl groups is 1. The molecule has 0 spiro atoms. The molecule has 0 unspecified atom stereocenters. The molecule has 1 aliphatic carbocycles. The number of carbonyl (C=O) groups excluding carboxylic acids is 1. The number of amides is 1. The first kappa shape index (κ1) is 13.1. The van der Waals surface area contributed by atoms with Crippen LogP contribution in [-0.4, -0.2) is 35.1 Å². The van der Waals surface area contributed by atoms with E-state index in [1.165, 1.54) is 0 Å². The molecule has 1 saturated carbocycles. The third kappa shape index (κ3) is 2.75. The summed E-state index contributed by atoms with van der Waals surface area (Å²) in [7, 11) is 0. The Hall–Kier alpha value is -1.29. The van der Waals surface area contributed by atoms with Gasteiger partial charge in [-0.15, -0.1) is 0 Å². The summed E-state index contributed by atoms with van der Waals surface area (Å²) in [5.41, 5.74) is 0. The average Bonchev–Trinajstić information content (AvgIpc) is 3.05. The molecular weight excluding hydrogens is 230 g/mol. The Morgan fingerprint density at radius 1 is 1.44 bits per heavy atom.